The van der Waals surface area contributed by atoms with Crippen LogP contribution < -0.4 is 11.1 Å². The van der Waals surface area contributed by atoms with Crippen molar-refractivity contribution in [1.29, 1.82) is 0 Å². The highest BCUT2D eigenvalue weighted by Gasteiger charge is 2.14. The summed E-state index contributed by atoms with van der Waals surface area (Å²) in [5, 5.41) is 6.35. The summed E-state index contributed by atoms with van der Waals surface area (Å²) in [4.78, 5) is 11.9. The van der Waals surface area contributed by atoms with E-state index in [1.807, 2.05) is 0 Å². The summed E-state index contributed by atoms with van der Waals surface area (Å²) in [7, 11) is 1.63. The topological polar surface area (TPSA) is 72.9 Å². The Morgan fingerprint density at radius 1 is 1.56 bits per heavy atom. The normalized spacial score (nSPS) is 10.4. The van der Waals surface area contributed by atoms with Gasteiger partial charge in [-0.15, -0.1) is 0 Å². The Morgan fingerprint density at radius 3 is 2.83 bits per heavy atom. The van der Waals surface area contributed by atoms with Gasteiger partial charge in [0.15, 0.2) is 0 Å². The van der Waals surface area contributed by atoms with Crippen LogP contribution in [-0.2, 0) is 7.05 Å². The molecule has 1 heterocycles. The number of nitrogens with two attached hydrogens (primary N) is 1. The van der Waals surface area contributed by atoms with Crippen LogP contribution in [0.3, 0.4) is 0 Å². The quantitative estimate of drug-likeness (QED) is 0.875. The van der Waals surface area contributed by atoms with Crippen molar-refractivity contribution in [2.75, 3.05) is 11.1 Å². The number of nitrogens with zero attached hydrogens (tertiary/aromatic N) is 2. The lowest BCUT2D eigenvalue weighted by molar-refractivity contribution is 0.102. The number of carbonyl (C=O) groups excluding carboxylic acids is 1. The minimum atomic E-state index is -0.546. The first-order chi connectivity index (χ1) is 8.49. The number of carbonyl (C=O) groups is 1. The van der Waals surface area contributed by atoms with Crippen LogP contribution in [0, 0.1) is 5.82 Å². The van der Waals surface area contributed by atoms with E-state index in [9.17, 15) is 9.18 Å². The summed E-state index contributed by atoms with van der Waals surface area (Å²) in [5.74, 6) is -0.723. The molecule has 94 valence electrons. The first-order valence-electron chi connectivity index (χ1n) is 5.03. The molecule has 0 aliphatic carbocycles. The van der Waals surface area contributed by atoms with Gasteiger partial charge in [0.2, 0.25) is 0 Å². The second-order valence-corrected chi connectivity index (χ2v) is 4.06. The Balaban J connectivity index is 2.21. The van der Waals surface area contributed by atoms with Crippen molar-refractivity contribution in [2.24, 2.45) is 7.05 Å². The first-order valence-corrected chi connectivity index (χ1v) is 5.40. The Hall–Kier alpha value is -2.08. The second-order valence-electron chi connectivity index (χ2n) is 3.65. The average molecular weight is 269 g/mol. The van der Waals surface area contributed by atoms with Crippen LogP contribution in [0.15, 0.2) is 24.4 Å². The maximum absolute atomic E-state index is 12.9. The van der Waals surface area contributed by atoms with Crippen molar-refractivity contribution in [2.45, 2.75) is 0 Å². The molecule has 2 aromatic rings. The van der Waals surface area contributed by atoms with E-state index in [1.165, 1.54) is 29.1 Å². The fraction of sp³-hybridized carbons (Fsp3) is 0.0909. The summed E-state index contributed by atoms with van der Waals surface area (Å²) in [5.41, 5.74) is 6.30. The molecule has 7 heteroatoms. The molecule has 1 amide bonds. The number of hydrogen-bond acceptors (Lipinski definition) is 3. The van der Waals surface area contributed by atoms with Gasteiger partial charge in [-0.3, -0.25) is 9.48 Å². The molecule has 18 heavy (non-hydrogen) atoms. The lowest BCUT2D eigenvalue weighted by Gasteiger charge is -2.05. The Morgan fingerprint density at radius 2 is 2.28 bits per heavy atom. The molecule has 1 aromatic carbocycles. The van der Waals surface area contributed by atoms with E-state index in [0.29, 0.717) is 5.69 Å². The van der Waals surface area contributed by atoms with Crippen LogP contribution in [0.25, 0.3) is 0 Å². The molecule has 0 spiro atoms. The fourth-order valence-corrected chi connectivity index (χ4v) is 1.57. The molecular weight excluding hydrogens is 259 g/mol. The lowest BCUT2D eigenvalue weighted by atomic mass is 10.2. The number of aromatic nitrogens is 2. The van der Waals surface area contributed by atoms with Gasteiger partial charge in [-0.1, -0.05) is 11.6 Å². The minimum absolute atomic E-state index is 0.0630. The van der Waals surface area contributed by atoms with E-state index < -0.39 is 11.7 Å². The van der Waals surface area contributed by atoms with Crippen LogP contribution >= 0.6 is 11.6 Å². The summed E-state index contributed by atoms with van der Waals surface area (Å²) < 4.78 is 14.3. The fourth-order valence-electron chi connectivity index (χ4n) is 1.39. The summed E-state index contributed by atoms with van der Waals surface area (Å²) in [6.45, 7) is 0. The summed E-state index contributed by atoms with van der Waals surface area (Å²) in [6, 6.07) is 3.90. The van der Waals surface area contributed by atoms with Gasteiger partial charge in [-0.25, -0.2) is 4.39 Å². The van der Waals surface area contributed by atoms with Crippen LogP contribution in [-0.4, -0.2) is 15.7 Å². The smallest absolute Gasteiger partial charge is 0.261 e. The van der Waals surface area contributed by atoms with Crippen LogP contribution in [0.5, 0.6) is 0 Å². The SMILES string of the molecule is Cn1ncc(C(=O)Nc2ccc(F)c(Cl)c2)c1N. The average Bonchev–Trinajstić information content (AvgIpc) is 2.65. The zero-order valence-corrected chi connectivity index (χ0v) is 10.2. The summed E-state index contributed by atoms with van der Waals surface area (Å²) in [6.07, 6.45) is 1.36. The van der Waals surface area contributed by atoms with E-state index in [4.69, 9.17) is 17.3 Å². The highest BCUT2D eigenvalue weighted by molar-refractivity contribution is 6.31. The van der Waals surface area contributed by atoms with E-state index in [-0.39, 0.29) is 16.4 Å². The molecule has 0 saturated heterocycles. The molecule has 0 aliphatic heterocycles. The van der Waals surface area contributed by atoms with Gasteiger partial charge in [-0.2, -0.15) is 5.10 Å². The minimum Gasteiger partial charge on any atom is -0.383 e. The molecule has 0 unspecified atom stereocenters. The van der Waals surface area contributed by atoms with Crippen molar-refractivity contribution in [3.05, 3.63) is 40.8 Å². The Kier molecular flexibility index (Phi) is 3.20. The number of benzene rings is 1. The number of anilines is 2. The van der Waals surface area contributed by atoms with Gasteiger partial charge >= 0.3 is 0 Å². The molecule has 0 fully saturated rings. The van der Waals surface area contributed by atoms with Crippen LogP contribution in [0.1, 0.15) is 10.4 Å². The van der Waals surface area contributed by atoms with Crippen LogP contribution in [0.2, 0.25) is 5.02 Å². The maximum atomic E-state index is 12.9. The number of amides is 1. The molecule has 0 aliphatic rings. The third kappa shape index (κ3) is 2.28. The number of halogens is 2. The molecule has 3 N–H and O–H groups in total. The predicted octanol–water partition coefficient (Wildman–Crippen LogP) is 2.05. The molecule has 0 atom stereocenters. The second kappa shape index (κ2) is 4.66. The Bertz CT molecular complexity index is 611. The van der Waals surface area contributed by atoms with Crippen LogP contribution in [0.4, 0.5) is 15.9 Å². The van der Waals surface area contributed by atoms with Gasteiger partial charge in [0, 0.05) is 12.7 Å². The van der Waals surface area contributed by atoms with E-state index >= 15 is 0 Å². The number of hydrogen-bond donors (Lipinski definition) is 2. The van der Waals surface area contributed by atoms with E-state index in [1.54, 1.807) is 7.05 Å². The van der Waals surface area contributed by atoms with Crippen molar-refractivity contribution in [1.82, 2.24) is 9.78 Å². The molecule has 0 bridgehead atoms. The number of rotatable bonds is 2. The van der Waals surface area contributed by atoms with Crippen molar-refractivity contribution in [3.8, 4) is 0 Å². The third-order valence-electron chi connectivity index (χ3n) is 2.41. The Labute approximate surface area is 107 Å². The van der Waals surface area contributed by atoms with E-state index in [2.05, 4.69) is 10.4 Å². The molecule has 1 aromatic heterocycles. The van der Waals surface area contributed by atoms with Gasteiger partial charge in [0.25, 0.3) is 5.91 Å². The molecule has 0 saturated carbocycles. The van der Waals surface area contributed by atoms with Gasteiger partial charge in [0.1, 0.15) is 17.2 Å². The van der Waals surface area contributed by atoms with Crippen molar-refractivity contribution in [3.63, 3.8) is 0 Å². The highest BCUT2D eigenvalue weighted by atomic mass is 35.5. The largest absolute Gasteiger partial charge is 0.383 e. The number of nitrogens with one attached hydrogen (secondary N) is 1. The van der Waals surface area contributed by atoms with Gasteiger partial charge in [-0.05, 0) is 18.2 Å². The summed E-state index contributed by atoms with van der Waals surface area (Å²) >= 11 is 5.61. The highest BCUT2D eigenvalue weighted by Crippen LogP contribution is 2.20. The first kappa shape index (κ1) is 12.4. The van der Waals surface area contributed by atoms with Gasteiger partial charge < -0.3 is 11.1 Å². The molecule has 0 radical (unpaired) electrons. The number of aryl methyl sites for hydroxylation is 1. The maximum Gasteiger partial charge on any atom is 0.261 e. The van der Waals surface area contributed by atoms with Crippen molar-refractivity contribution >= 4 is 29.0 Å². The predicted molar refractivity (Wildman–Crippen MR) is 67.0 cm³/mol. The zero-order valence-electron chi connectivity index (χ0n) is 9.45. The standard InChI is InChI=1S/C11H10ClFN4O/c1-17-10(14)7(5-15-17)11(18)16-6-2-3-9(13)8(12)4-6/h2-5H,14H2,1H3,(H,16,18). The number of nitrogen functional groups attached to an aromatic ring is 1. The monoisotopic (exact) mass is 268 g/mol. The van der Waals surface area contributed by atoms with Gasteiger partial charge in [0.05, 0.1) is 11.2 Å². The zero-order chi connectivity index (χ0) is 13.3. The molecule has 5 nitrogen and oxygen atoms in total. The molecular formula is C11H10ClFN4O. The lowest BCUT2D eigenvalue weighted by Crippen LogP contribution is -2.13. The third-order valence-corrected chi connectivity index (χ3v) is 2.70. The molecule has 2 rings (SSSR count). The van der Waals surface area contributed by atoms with Crippen molar-refractivity contribution < 1.29 is 9.18 Å². The van der Waals surface area contributed by atoms with E-state index in [0.717, 1.165) is 0 Å².